The number of amides is 1. The third-order valence-corrected chi connectivity index (χ3v) is 5.02. The van der Waals surface area contributed by atoms with Gasteiger partial charge in [0, 0.05) is 17.7 Å². The smallest absolute Gasteiger partial charge is 0.480 e. The maximum Gasteiger partial charge on any atom is 0.514 e. The van der Waals surface area contributed by atoms with Crippen molar-refractivity contribution in [1.29, 1.82) is 0 Å². The molecule has 21 heavy (non-hydrogen) atoms. The van der Waals surface area contributed by atoms with Crippen LogP contribution in [0, 0.1) is 0 Å². The second-order valence-corrected chi connectivity index (χ2v) is 6.82. The van der Waals surface area contributed by atoms with Crippen LogP contribution in [-0.2, 0) is 4.79 Å². The van der Waals surface area contributed by atoms with Gasteiger partial charge in [-0.15, -0.1) is 0 Å². The molecule has 7 nitrogen and oxygen atoms in total. The van der Waals surface area contributed by atoms with Crippen molar-refractivity contribution in [3.63, 3.8) is 0 Å². The molecule has 2 aliphatic heterocycles. The maximum atomic E-state index is 11.9. The van der Waals surface area contributed by atoms with Gasteiger partial charge in [0.25, 0.3) is 0 Å². The zero-order valence-corrected chi connectivity index (χ0v) is 13.0. The molecule has 2 heterocycles. The van der Waals surface area contributed by atoms with Crippen molar-refractivity contribution >= 4 is 12.1 Å². The molecule has 118 valence electrons. The Morgan fingerprint density at radius 2 is 1.95 bits per heavy atom. The summed E-state index contributed by atoms with van der Waals surface area (Å²) in [4.78, 5) is 23.7. The molecule has 2 rings (SSSR count). The van der Waals surface area contributed by atoms with E-state index < -0.39 is 23.1 Å². The van der Waals surface area contributed by atoms with Gasteiger partial charge < -0.3 is 15.6 Å². The lowest BCUT2D eigenvalue weighted by Gasteiger charge is -2.46. The highest BCUT2D eigenvalue weighted by molar-refractivity contribution is 5.84. The van der Waals surface area contributed by atoms with Gasteiger partial charge in [0.2, 0.25) is 0 Å². The second kappa shape index (κ2) is 4.71. The molecule has 0 saturated carbocycles. The van der Waals surface area contributed by atoms with Crippen LogP contribution in [0.15, 0.2) is 11.3 Å². The Morgan fingerprint density at radius 1 is 1.33 bits per heavy atom. The van der Waals surface area contributed by atoms with Gasteiger partial charge in [0.1, 0.15) is 12.1 Å². The van der Waals surface area contributed by atoms with E-state index in [4.69, 9.17) is 0 Å². The average molecular weight is 298 g/mol. The Labute approximate surface area is 124 Å². The summed E-state index contributed by atoms with van der Waals surface area (Å²) in [5, 5.41) is 19.4. The predicted octanol–water partition coefficient (Wildman–Crippen LogP) is 1.28. The van der Waals surface area contributed by atoms with Gasteiger partial charge in [-0.1, -0.05) is 6.92 Å². The van der Waals surface area contributed by atoms with Crippen LogP contribution in [0.25, 0.3) is 0 Å². The third kappa shape index (κ3) is 2.03. The molecule has 2 unspecified atom stereocenters. The van der Waals surface area contributed by atoms with Gasteiger partial charge in [0.05, 0.1) is 6.54 Å². The summed E-state index contributed by atoms with van der Waals surface area (Å²) in [6, 6.07) is 0. The van der Waals surface area contributed by atoms with Crippen LogP contribution in [0.3, 0.4) is 0 Å². The summed E-state index contributed by atoms with van der Waals surface area (Å²) in [6.45, 7) is 8.10. The zero-order chi connectivity index (χ0) is 16.1. The lowest BCUT2D eigenvalue weighted by atomic mass is 9.82. The highest BCUT2D eigenvalue weighted by Gasteiger charge is 2.57. The van der Waals surface area contributed by atoms with E-state index in [0.717, 1.165) is 5.70 Å². The summed E-state index contributed by atoms with van der Waals surface area (Å²) in [5.41, 5.74) is 5.60. The lowest BCUT2D eigenvalue weighted by Crippen LogP contribution is -2.67. The molecule has 4 N–H and O–H groups in total. The minimum atomic E-state index is -1.21. The molecule has 0 fully saturated rings. The normalized spacial score (nSPS) is 32.6. The van der Waals surface area contributed by atoms with Crippen LogP contribution in [0.2, 0.25) is 0 Å². The zero-order valence-electron chi connectivity index (χ0n) is 13.0. The molecule has 0 radical (unpaired) electrons. The standard InChI is InChI=1S/C14H23N3O4/c1-5-14(11(18)19)9-8-17(12(20)21,13(2,3)4)7-6-10(9)15-16-14/h15-16H,5-8H2,1-4H3,(H-,18,19,20,21)/p+1. The first-order valence-corrected chi connectivity index (χ1v) is 7.20. The van der Waals surface area contributed by atoms with E-state index in [2.05, 4.69) is 10.9 Å². The number of carboxylic acids is 1. The number of quaternary nitrogens is 1. The SMILES string of the molecule is CCC1(C(=O)O)NNC2=C1C[N+](C(=O)O)(C(C)(C)C)CC2. The van der Waals surface area contributed by atoms with Crippen LogP contribution >= 0.6 is 0 Å². The fourth-order valence-electron chi connectivity index (χ4n) is 3.34. The summed E-state index contributed by atoms with van der Waals surface area (Å²) >= 11 is 0. The van der Waals surface area contributed by atoms with Gasteiger partial charge in [-0.3, -0.25) is 0 Å². The fourth-order valence-corrected chi connectivity index (χ4v) is 3.34. The molecular weight excluding hydrogens is 274 g/mol. The highest BCUT2D eigenvalue weighted by atomic mass is 16.4. The molecule has 7 heteroatoms. The molecular formula is C14H24N3O4+. The van der Waals surface area contributed by atoms with Crippen LogP contribution < -0.4 is 10.9 Å². The van der Waals surface area contributed by atoms with Gasteiger partial charge in [-0.05, 0) is 27.2 Å². The molecule has 0 aromatic heterocycles. The van der Waals surface area contributed by atoms with Crippen LogP contribution in [0.4, 0.5) is 4.79 Å². The minimum Gasteiger partial charge on any atom is -0.480 e. The highest BCUT2D eigenvalue weighted by Crippen LogP contribution is 2.39. The topological polar surface area (TPSA) is 98.7 Å². The molecule has 0 aromatic carbocycles. The molecule has 0 spiro atoms. The number of nitrogens with zero attached hydrogens (tertiary/aromatic N) is 1. The van der Waals surface area contributed by atoms with Crippen molar-refractivity contribution in [1.82, 2.24) is 10.9 Å². The number of rotatable bonds is 2. The van der Waals surface area contributed by atoms with Crippen LogP contribution in [-0.4, -0.2) is 50.9 Å². The van der Waals surface area contributed by atoms with E-state index in [-0.39, 0.29) is 11.0 Å². The molecule has 0 saturated heterocycles. The van der Waals surface area contributed by atoms with Crippen molar-refractivity contribution in [3.8, 4) is 0 Å². The predicted molar refractivity (Wildman–Crippen MR) is 76.3 cm³/mol. The third-order valence-electron chi connectivity index (χ3n) is 5.02. The van der Waals surface area contributed by atoms with Crippen molar-refractivity contribution in [2.45, 2.75) is 51.6 Å². The quantitative estimate of drug-likeness (QED) is 0.573. The summed E-state index contributed by atoms with van der Waals surface area (Å²) in [5.74, 6) is -0.971. The monoisotopic (exact) mass is 298 g/mol. The number of carbonyl (C=O) groups is 2. The number of hydrogen-bond donors (Lipinski definition) is 4. The van der Waals surface area contributed by atoms with Crippen molar-refractivity contribution in [2.24, 2.45) is 0 Å². The van der Waals surface area contributed by atoms with Gasteiger partial charge in [-0.2, -0.15) is 4.79 Å². The average Bonchev–Trinajstić information content (AvgIpc) is 2.75. The molecule has 2 aliphatic rings. The first-order valence-electron chi connectivity index (χ1n) is 7.20. The first-order chi connectivity index (χ1) is 9.60. The number of hydrazine groups is 1. The van der Waals surface area contributed by atoms with Crippen molar-refractivity contribution in [3.05, 3.63) is 11.3 Å². The number of aliphatic carboxylic acids is 1. The van der Waals surface area contributed by atoms with Crippen molar-refractivity contribution < 1.29 is 24.3 Å². The molecule has 0 bridgehead atoms. The number of hydrogen-bond acceptors (Lipinski definition) is 4. The Hall–Kier alpha value is -1.60. The van der Waals surface area contributed by atoms with Gasteiger partial charge in [-0.25, -0.2) is 14.7 Å². The van der Waals surface area contributed by atoms with Crippen LogP contribution in [0.5, 0.6) is 0 Å². The van der Waals surface area contributed by atoms with E-state index in [1.807, 2.05) is 20.8 Å². The fraction of sp³-hybridized carbons (Fsp3) is 0.714. The summed E-state index contributed by atoms with van der Waals surface area (Å²) in [6.07, 6.45) is -0.0184. The maximum absolute atomic E-state index is 11.9. The van der Waals surface area contributed by atoms with E-state index >= 15 is 0 Å². The van der Waals surface area contributed by atoms with Crippen molar-refractivity contribution in [2.75, 3.05) is 13.1 Å². The van der Waals surface area contributed by atoms with Gasteiger partial charge in [0.15, 0.2) is 5.54 Å². The molecule has 1 amide bonds. The van der Waals surface area contributed by atoms with Gasteiger partial charge >= 0.3 is 12.1 Å². The molecule has 0 aromatic rings. The van der Waals surface area contributed by atoms with E-state index in [0.29, 0.717) is 25.0 Å². The van der Waals surface area contributed by atoms with Crippen LogP contribution in [0.1, 0.15) is 40.5 Å². The summed E-state index contributed by atoms with van der Waals surface area (Å²) in [7, 11) is 0. The van der Waals surface area contributed by atoms with E-state index in [9.17, 15) is 19.8 Å². The number of carboxylic acid groups (broad SMARTS) is 2. The second-order valence-electron chi connectivity index (χ2n) is 6.82. The number of nitrogens with one attached hydrogen (secondary N) is 2. The molecule has 2 atom stereocenters. The minimum absolute atomic E-state index is 0.149. The van der Waals surface area contributed by atoms with E-state index in [1.54, 1.807) is 6.92 Å². The van der Waals surface area contributed by atoms with E-state index in [1.165, 1.54) is 0 Å². The Bertz CT molecular complexity index is 523. The summed E-state index contributed by atoms with van der Waals surface area (Å²) < 4.78 is -0.149. The Morgan fingerprint density at radius 3 is 2.38 bits per heavy atom. The lowest BCUT2D eigenvalue weighted by molar-refractivity contribution is -0.900. The Kier molecular flexibility index (Phi) is 3.54. The largest absolute Gasteiger partial charge is 0.514 e. The molecule has 0 aliphatic carbocycles. The first kappa shape index (κ1) is 15.8. The Balaban J connectivity index is 2.51.